The number of nitrogens with zero attached hydrogens (tertiary/aromatic N) is 3. The molecule has 0 radical (unpaired) electrons. The molecule has 32 heavy (non-hydrogen) atoms. The third-order valence-corrected chi connectivity index (χ3v) is 7.82. The van der Waals surface area contributed by atoms with E-state index in [1.165, 1.54) is 16.0 Å². The number of hydrogen-bond acceptors (Lipinski definition) is 6. The van der Waals surface area contributed by atoms with E-state index in [1.54, 1.807) is 18.4 Å². The van der Waals surface area contributed by atoms with E-state index in [0.29, 0.717) is 0 Å². The van der Waals surface area contributed by atoms with Crippen molar-refractivity contribution in [1.82, 2.24) is 9.91 Å². The molecule has 3 aliphatic heterocycles. The van der Waals surface area contributed by atoms with Gasteiger partial charge in [0, 0.05) is 44.5 Å². The number of thiophene rings is 1. The van der Waals surface area contributed by atoms with E-state index in [-0.39, 0.29) is 6.04 Å². The molecule has 2 aromatic carbocycles. The average Bonchev–Trinajstić information content (AvgIpc) is 3.52. The monoisotopic (exact) mass is 445 g/mol. The number of ether oxygens (including phenoxy) is 2. The molecule has 1 aromatic heterocycles. The summed E-state index contributed by atoms with van der Waals surface area (Å²) in [5, 5.41) is 9.58. The van der Waals surface area contributed by atoms with E-state index in [4.69, 9.17) is 14.6 Å². The number of rotatable bonds is 4. The summed E-state index contributed by atoms with van der Waals surface area (Å²) in [6.07, 6.45) is 2.73. The van der Waals surface area contributed by atoms with Crippen molar-refractivity contribution in [3.05, 3.63) is 82.0 Å². The molecule has 4 heterocycles. The minimum absolute atomic E-state index is 0.187. The van der Waals surface area contributed by atoms with Crippen LogP contribution in [-0.2, 0) is 6.54 Å². The molecular formula is C26H27N3O2S. The summed E-state index contributed by atoms with van der Waals surface area (Å²) in [5.41, 5.74) is 3.27. The van der Waals surface area contributed by atoms with Crippen molar-refractivity contribution in [2.24, 2.45) is 5.10 Å². The number of fused-ring (bicyclic) bond motifs is 4. The fourth-order valence-electron chi connectivity index (χ4n) is 5.25. The van der Waals surface area contributed by atoms with Gasteiger partial charge in [-0.2, -0.15) is 5.10 Å². The number of hydrogen-bond donors (Lipinski definition) is 0. The summed E-state index contributed by atoms with van der Waals surface area (Å²) in [7, 11) is 1.72. The van der Waals surface area contributed by atoms with Crippen LogP contribution in [0.5, 0.6) is 11.5 Å². The Morgan fingerprint density at radius 2 is 1.91 bits per heavy atom. The maximum Gasteiger partial charge on any atom is 0.200 e. The summed E-state index contributed by atoms with van der Waals surface area (Å²) in [6.45, 7) is 2.93. The Hall–Kier alpha value is -2.83. The Bertz CT molecular complexity index is 1120. The van der Waals surface area contributed by atoms with Crippen LogP contribution in [-0.4, -0.2) is 41.5 Å². The lowest BCUT2D eigenvalue weighted by molar-refractivity contribution is -0.151. The van der Waals surface area contributed by atoms with E-state index >= 15 is 0 Å². The van der Waals surface area contributed by atoms with Gasteiger partial charge in [0.25, 0.3) is 0 Å². The minimum Gasteiger partial charge on any atom is -0.493 e. The van der Waals surface area contributed by atoms with Crippen molar-refractivity contribution in [2.75, 3.05) is 20.2 Å². The molecule has 6 rings (SSSR count). The van der Waals surface area contributed by atoms with Crippen LogP contribution in [0, 0.1) is 0 Å². The van der Waals surface area contributed by atoms with Crippen LogP contribution < -0.4 is 9.47 Å². The topological polar surface area (TPSA) is 37.3 Å². The molecule has 0 aliphatic carbocycles. The van der Waals surface area contributed by atoms with Gasteiger partial charge in [-0.3, -0.25) is 4.90 Å². The highest BCUT2D eigenvalue weighted by atomic mass is 32.1. The van der Waals surface area contributed by atoms with E-state index in [1.807, 2.05) is 6.07 Å². The van der Waals surface area contributed by atoms with Crippen LogP contribution in [0.2, 0.25) is 0 Å². The number of hydrazone groups is 1. The molecule has 3 aliphatic rings. The number of likely N-dealkylation sites (tertiary alicyclic amines) is 1. The second kappa shape index (κ2) is 7.94. The van der Waals surface area contributed by atoms with Crippen molar-refractivity contribution < 1.29 is 9.47 Å². The van der Waals surface area contributed by atoms with E-state index in [9.17, 15) is 0 Å². The predicted octanol–water partition coefficient (Wildman–Crippen LogP) is 5.29. The Morgan fingerprint density at radius 3 is 2.66 bits per heavy atom. The molecule has 0 amide bonds. The maximum atomic E-state index is 6.83. The highest BCUT2D eigenvalue weighted by Gasteiger charge is 2.52. The fourth-order valence-corrected chi connectivity index (χ4v) is 5.98. The summed E-state index contributed by atoms with van der Waals surface area (Å²) in [4.78, 5) is 3.77. The summed E-state index contributed by atoms with van der Waals surface area (Å²) in [6, 6.07) is 21.4. The van der Waals surface area contributed by atoms with E-state index in [2.05, 4.69) is 69.9 Å². The largest absolute Gasteiger partial charge is 0.493 e. The highest BCUT2D eigenvalue weighted by Crippen LogP contribution is 2.52. The van der Waals surface area contributed by atoms with Crippen molar-refractivity contribution in [3.8, 4) is 11.5 Å². The van der Waals surface area contributed by atoms with Crippen molar-refractivity contribution in [1.29, 1.82) is 0 Å². The van der Waals surface area contributed by atoms with Crippen molar-refractivity contribution >= 4 is 17.0 Å². The van der Waals surface area contributed by atoms with Gasteiger partial charge in [0.15, 0.2) is 11.5 Å². The maximum absolute atomic E-state index is 6.83. The molecule has 0 saturated carbocycles. The molecule has 1 atom stereocenters. The van der Waals surface area contributed by atoms with Crippen LogP contribution in [0.25, 0.3) is 0 Å². The molecule has 1 spiro atoms. The molecule has 0 N–H and O–H groups in total. The zero-order valence-corrected chi connectivity index (χ0v) is 19.1. The minimum atomic E-state index is -0.432. The summed E-state index contributed by atoms with van der Waals surface area (Å²) < 4.78 is 12.5. The Kier molecular flexibility index (Phi) is 4.92. The van der Waals surface area contributed by atoms with Gasteiger partial charge in [0.05, 0.1) is 23.7 Å². The number of piperidine rings is 1. The third-order valence-electron chi connectivity index (χ3n) is 6.90. The van der Waals surface area contributed by atoms with Gasteiger partial charge in [-0.25, -0.2) is 5.01 Å². The second-order valence-electron chi connectivity index (χ2n) is 8.78. The van der Waals surface area contributed by atoms with Crippen LogP contribution in [0.4, 0.5) is 0 Å². The fraction of sp³-hybridized carbons (Fsp3) is 0.346. The van der Waals surface area contributed by atoms with Crippen LogP contribution in [0.1, 0.15) is 41.3 Å². The van der Waals surface area contributed by atoms with Gasteiger partial charge >= 0.3 is 0 Å². The van der Waals surface area contributed by atoms with Gasteiger partial charge in [-0.05, 0) is 23.1 Å². The smallest absolute Gasteiger partial charge is 0.200 e. The second-order valence-corrected chi connectivity index (χ2v) is 9.72. The van der Waals surface area contributed by atoms with Crippen molar-refractivity contribution in [2.45, 2.75) is 37.6 Å². The van der Waals surface area contributed by atoms with Gasteiger partial charge in [0.2, 0.25) is 5.72 Å². The summed E-state index contributed by atoms with van der Waals surface area (Å²) in [5.74, 6) is 1.72. The molecule has 1 fully saturated rings. The first kappa shape index (κ1) is 19.8. The molecule has 6 heteroatoms. The zero-order chi connectivity index (χ0) is 21.5. The first-order valence-electron chi connectivity index (χ1n) is 11.3. The predicted molar refractivity (Wildman–Crippen MR) is 127 cm³/mol. The van der Waals surface area contributed by atoms with Crippen LogP contribution in [0.15, 0.2) is 71.1 Å². The molecule has 5 nitrogen and oxygen atoms in total. The van der Waals surface area contributed by atoms with Gasteiger partial charge in [-0.1, -0.05) is 48.5 Å². The van der Waals surface area contributed by atoms with Crippen molar-refractivity contribution in [3.63, 3.8) is 0 Å². The molecule has 0 bridgehead atoms. The standard InChI is InChI=1S/C26H27N3O2S/c1-30-23-10-5-9-20-22-17-21(24-11-6-16-32-24)27-29(22)26(31-25(20)23)12-14-28(15-13-26)18-19-7-3-2-4-8-19/h2-11,16,22H,12-15,17-18H2,1H3/t22-/m1/s1. The normalized spacial score (nSPS) is 21.6. The molecule has 3 aromatic rings. The van der Waals surface area contributed by atoms with Gasteiger partial charge in [0.1, 0.15) is 0 Å². The number of benzene rings is 2. The Labute approximate surface area is 192 Å². The lowest BCUT2D eigenvalue weighted by Crippen LogP contribution is -2.59. The zero-order valence-electron chi connectivity index (χ0n) is 18.2. The van der Waals surface area contributed by atoms with Crippen LogP contribution in [0.3, 0.4) is 0 Å². The summed E-state index contributed by atoms with van der Waals surface area (Å²) >= 11 is 1.76. The first-order valence-corrected chi connectivity index (χ1v) is 12.2. The first-order chi connectivity index (χ1) is 15.8. The number of para-hydroxylation sites is 1. The average molecular weight is 446 g/mol. The molecule has 0 unspecified atom stereocenters. The lowest BCUT2D eigenvalue weighted by atomic mass is 9.91. The SMILES string of the molecule is COc1cccc2c1OC1(CCN(Cc3ccccc3)CC1)N1N=C(c3cccs3)C[C@H]21. The van der Waals surface area contributed by atoms with Gasteiger partial charge < -0.3 is 9.47 Å². The van der Waals surface area contributed by atoms with E-state index < -0.39 is 5.72 Å². The van der Waals surface area contributed by atoms with E-state index in [0.717, 1.165) is 56.1 Å². The highest BCUT2D eigenvalue weighted by molar-refractivity contribution is 7.12. The molecular weight excluding hydrogens is 418 g/mol. The number of methoxy groups -OCH3 is 1. The third kappa shape index (κ3) is 3.29. The lowest BCUT2D eigenvalue weighted by Gasteiger charge is -2.51. The Balaban J connectivity index is 1.32. The molecule has 1 saturated heterocycles. The Morgan fingerprint density at radius 1 is 1.06 bits per heavy atom. The molecule has 164 valence electrons. The van der Waals surface area contributed by atoms with Crippen LogP contribution >= 0.6 is 11.3 Å². The van der Waals surface area contributed by atoms with Gasteiger partial charge in [-0.15, -0.1) is 11.3 Å². The quantitative estimate of drug-likeness (QED) is 0.547.